The summed E-state index contributed by atoms with van der Waals surface area (Å²) in [5.41, 5.74) is 3.81. The van der Waals surface area contributed by atoms with Crippen LogP contribution in [0.4, 0.5) is 0 Å². The summed E-state index contributed by atoms with van der Waals surface area (Å²) in [6.07, 6.45) is 0. The predicted octanol–water partition coefficient (Wildman–Crippen LogP) is 4.92. The summed E-state index contributed by atoms with van der Waals surface area (Å²) in [6.45, 7) is 3.59. The van der Waals surface area contributed by atoms with Gasteiger partial charge in [-0.15, -0.1) is 0 Å². The molecule has 2 aromatic carbocycles. The van der Waals surface area contributed by atoms with Gasteiger partial charge < -0.3 is 4.42 Å². The van der Waals surface area contributed by atoms with E-state index in [9.17, 15) is 4.79 Å². The molecule has 1 atom stereocenters. The maximum Gasteiger partial charge on any atom is 0.147 e. The van der Waals surface area contributed by atoms with Crippen LogP contribution >= 0.6 is 15.9 Å². The fourth-order valence-electron chi connectivity index (χ4n) is 2.38. The van der Waals surface area contributed by atoms with E-state index in [1.807, 2.05) is 37.3 Å². The molecule has 3 rings (SSSR count). The Bertz CT molecular complexity index is 786. The van der Waals surface area contributed by atoms with Crippen LogP contribution in [0.5, 0.6) is 0 Å². The van der Waals surface area contributed by atoms with Crippen LogP contribution in [-0.2, 0) is 4.79 Å². The van der Waals surface area contributed by atoms with E-state index >= 15 is 0 Å². The van der Waals surface area contributed by atoms with Crippen LogP contribution in [-0.4, -0.2) is 5.78 Å². The van der Waals surface area contributed by atoms with E-state index in [1.165, 1.54) is 0 Å². The molecule has 1 heterocycles. The number of ketones is 1. The third-order valence-corrected chi connectivity index (χ3v) is 4.53. The van der Waals surface area contributed by atoms with Crippen molar-refractivity contribution in [1.82, 2.24) is 0 Å². The molecule has 0 saturated carbocycles. The van der Waals surface area contributed by atoms with Gasteiger partial charge >= 0.3 is 0 Å². The lowest BCUT2D eigenvalue weighted by Gasteiger charge is -2.10. The molecule has 0 radical (unpaired) electrons. The first-order chi connectivity index (χ1) is 9.08. The molecule has 0 bridgehead atoms. The van der Waals surface area contributed by atoms with Gasteiger partial charge in [-0.25, -0.2) is 0 Å². The predicted molar refractivity (Wildman–Crippen MR) is 80.8 cm³/mol. The summed E-state index contributed by atoms with van der Waals surface area (Å²) < 4.78 is 5.83. The van der Waals surface area contributed by atoms with Crippen LogP contribution in [0.2, 0.25) is 0 Å². The van der Waals surface area contributed by atoms with E-state index in [0.717, 1.165) is 33.1 Å². The second-order valence-electron chi connectivity index (χ2n) is 4.78. The van der Waals surface area contributed by atoms with Gasteiger partial charge in [-0.3, -0.25) is 4.79 Å². The molecule has 0 aliphatic rings. The highest BCUT2D eigenvalue weighted by atomic mass is 79.9. The minimum atomic E-state index is -0.259. The zero-order valence-electron chi connectivity index (χ0n) is 10.7. The van der Waals surface area contributed by atoms with Crippen molar-refractivity contribution in [2.45, 2.75) is 18.7 Å². The van der Waals surface area contributed by atoms with Gasteiger partial charge in [-0.1, -0.05) is 34.1 Å². The number of carbonyl (C=O) groups is 1. The number of rotatable bonds is 2. The Balaban J connectivity index is 2.34. The minimum absolute atomic E-state index is 0.107. The Morgan fingerprint density at radius 2 is 1.89 bits per heavy atom. The molecule has 19 heavy (non-hydrogen) atoms. The van der Waals surface area contributed by atoms with Crippen molar-refractivity contribution in [2.24, 2.45) is 0 Å². The topological polar surface area (TPSA) is 30.2 Å². The second-order valence-corrected chi connectivity index (χ2v) is 5.69. The van der Waals surface area contributed by atoms with E-state index < -0.39 is 0 Å². The summed E-state index contributed by atoms with van der Waals surface area (Å²) >= 11 is 3.46. The summed E-state index contributed by atoms with van der Waals surface area (Å²) in [6, 6.07) is 12.0. The zero-order chi connectivity index (χ0) is 13.6. The van der Waals surface area contributed by atoms with Crippen LogP contribution in [0.25, 0.3) is 21.9 Å². The average Bonchev–Trinajstić information content (AvgIpc) is 2.74. The van der Waals surface area contributed by atoms with Crippen molar-refractivity contribution in [3.8, 4) is 0 Å². The van der Waals surface area contributed by atoms with Gasteiger partial charge in [-0.2, -0.15) is 0 Å². The minimum Gasteiger partial charge on any atom is -0.456 e. The van der Waals surface area contributed by atoms with E-state index in [1.54, 1.807) is 6.92 Å². The van der Waals surface area contributed by atoms with Gasteiger partial charge in [0.2, 0.25) is 0 Å². The lowest BCUT2D eigenvalue weighted by molar-refractivity contribution is -0.116. The third-order valence-electron chi connectivity index (χ3n) is 3.40. The van der Waals surface area contributed by atoms with Gasteiger partial charge in [0, 0.05) is 10.8 Å². The smallest absolute Gasteiger partial charge is 0.147 e. The van der Waals surface area contributed by atoms with Crippen molar-refractivity contribution >= 4 is 43.7 Å². The van der Waals surface area contributed by atoms with Crippen molar-refractivity contribution < 1.29 is 9.21 Å². The van der Waals surface area contributed by atoms with Gasteiger partial charge in [0.25, 0.3) is 0 Å². The van der Waals surface area contributed by atoms with Gasteiger partial charge in [-0.05, 0) is 43.2 Å². The molecule has 0 N–H and O–H groups in total. The molecule has 2 nitrogen and oxygen atoms in total. The molecule has 0 aliphatic carbocycles. The van der Waals surface area contributed by atoms with Crippen LogP contribution in [0.15, 0.2) is 40.8 Å². The van der Waals surface area contributed by atoms with Gasteiger partial charge in [0.15, 0.2) is 0 Å². The van der Waals surface area contributed by atoms with Crippen LogP contribution in [0.1, 0.15) is 22.9 Å². The SMILES string of the molecule is CC(=O)C(Br)c1cc2c(cc1C)oc1ccccc12. The molecular formula is C16H13BrO2. The molecule has 0 fully saturated rings. The van der Waals surface area contributed by atoms with Crippen LogP contribution in [0, 0.1) is 6.92 Å². The number of alkyl halides is 1. The maximum absolute atomic E-state index is 11.6. The molecule has 0 aliphatic heterocycles. The average molecular weight is 317 g/mol. The fraction of sp³-hybridized carbons (Fsp3) is 0.188. The number of fused-ring (bicyclic) bond motifs is 3. The Hall–Kier alpha value is -1.61. The number of hydrogen-bond donors (Lipinski definition) is 0. The number of furan rings is 1. The first-order valence-corrected chi connectivity index (χ1v) is 7.06. The molecule has 0 spiro atoms. The Morgan fingerprint density at radius 3 is 2.63 bits per heavy atom. The van der Waals surface area contributed by atoms with Gasteiger partial charge in [0.05, 0.1) is 4.83 Å². The molecule has 3 heteroatoms. The quantitative estimate of drug-likeness (QED) is 0.628. The van der Waals surface area contributed by atoms with Crippen LogP contribution in [0.3, 0.4) is 0 Å². The number of carbonyl (C=O) groups excluding carboxylic acids is 1. The van der Waals surface area contributed by atoms with E-state index in [4.69, 9.17) is 4.42 Å². The molecule has 3 aromatic rings. The lowest BCUT2D eigenvalue weighted by atomic mass is 10.0. The third kappa shape index (κ3) is 1.98. The number of halogens is 1. The highest BCUT2D eigenvalue weighted by Crippen LogP contribution is 2.35. The van der Waals surface area contributed by atoms with Gasteiger partial charge in [0.1, 0.15) is 16.9 Å². The summed E-state index contributed by atoms with van der Waals surface area (Å²) in [7, 11) is 0. The zero-order valence-corrected chi connectivity index (χ0v) is 12.3. The molecule has 0 amide bonds. The normalized spacial score (nSPS) is 13.0. The lowest BCUT2D eigenvalue weighted by Crippen LogP contribution is -2.02. The fourth-order valence-corrected chi connectivity index (χ4v) is 2.88. The highest BCUT2D eigenvalue weighted by molar-refractivity contribution is 9.09. The number of hydrogen-bond acceptors (Lipinski definition) is 2. The Morgan fingerprint density at radius 1 is 1.16 bits per heavy atom. The molecule has 1 aromatic heterocycles. The summed E-state index contributed by atoms with van der Waals surface area (Å²) in [4.78, 5) is 11.3. The summed E-state index contributed by atoms with van der Waals surface area (Å²) in [5.74, 6) is 0.107. The van der Waals surface area contributed by atoms with Crippen molar-refractivity contribution in [2.75, 3.05) is 0 Å². The monoisotopic (exact) mass is 316 g/mol. The largest absolute Gasteiger partial charge is 0.456 e. The first kappa shape index (κ1) is 12.4. The number of para-hydroxylation sites is 1. The highest BCUT2D eigenvalue weighted by Gasteiger charge is 2.17. The van der Waals surface area contributed by atoms with Crippen molar-refractivity contribution in [3.05, 3.63) is 47.5 Å². The first-order valence-electron chi connectivity index (χ1n) is 6.14. The molecular weight excluding hydrogens is 304 g/mol. The maximum atomic E-state index is 11.6. The molecule has 1 unspecified atom stereocenters. The van der Waals surface area contributed by atoms with Crippen molar-refractivity contribution in [3.63, 3.8) is 0 Å². The van der Waals surface area contributed by atoms with Crippen molar-refractivity contribution in [1.29, 1.82) is 0 Å². The van der Waals surface area contributed by atoms with E-state index in [-0.39, 0.29) is 10.6 Å². The standard InChI is InChI=1S/C16H13BrO2/c1-9-7-15-13(8-12(9)16(17)10(2)18)11-5-3-4-6-14(11)19-15/h3-8,16H,1-2H3. The van der Waals surface area contributed by atoms with Crippen LogP contribution < -0.4 is 0 Å². The number of benzene rings is 2. The summed E-state index contributed by atoms with van der Waals surface area (Å²) in [5, 5.41) is 2.14. The Labute approximate surface area is 119 Å². The molecule has 0 saturated heterocycles. The van der Waals surface area contributed by atoms with E-state index in [2.05, 4.69) is 22.0 Å². The van der Waals surface area contributed by atoms with E-state index in [0.29, 0.717) is 0 Å². The number of aryl methyl sites for hydroxylation is 1. The Kier molecular flexibility index (Phi) is 2.94. The number of Topliss-reactive ketones (excluding diaryl/α,β-unsaturated/α-hetero) is 1. The second kappa shape index (κ2) is 4.49. The molecule has 96 valence electrons.